The Morgan fingerprint density at radius 2 is 2.23 bits per heavy atom. The number of nitrogens with zero attached hydrogens (tertiary/aromatic N) is 1. The number of rotatable bonds is 5. The van der Waals surface area contributed by atoms with Crippen molar-refractivity contribution < 1.29 is 24.4 Å². The molecule has 1 saturated heterocycles. The minimum atomic E-state index is -1.14. The highest BCUT2D eigenvalue weighted by molar-refractivity contribution is 5.97. The molecule has 0 radical (unpaired) electrons. The van der Waals surface area contributed by atoms with E-state index in [4.69, 9.17) is 4.74 Å². The van der Waals surface area contributed by atoms with Crippen molar-refractivity contribution in [2.75, 3.05) is 13.2 Å². The average molecular weight is 308 g/mol. The average Bonchev–Trinajstić information content (AvgIpc) is 2.53. The van der Waals surface area contributed by atoms with Gasteiger partial charge >= 0.3 is 5.97 Å². The number of benzene rings is 1. The molecule has 0 bridgehead atoms. The maximum Gasteiger partial charge on any atom is 0.326 e. The highest BCUT2D eigenvalue weighted by Crippen LogP contribution is 2.19. The molecule has 8 nitrogen and oxygen atoms in total. The Hall–Kier alpha value is -2.48. The van der Waals surface area contributed by atoms with Gasteiger partial charge in [-0.3, -0.25) is 14.9 Å². The fraction of sp³-hybridized carbons (Fsp3) is 0.429. The van der Waals surface area contributed by atoms with Crippen molar-refractivity contribution in [2.24, 2.45) is 5.92 Å². The van der Waals surface area contributed by atoms with E-state index < -0.39 is 22.8 Å². The number of nitro groups is 1. The fourth-order valence-corrected chi connectivity index (χ4v) is 2.40. The zero-order valence-electron chi connectivity index (χ0n) is 11.7. The van der Waals surface area contributed by atoms with Gasteiger partial charge < -0.3 is 15.2 Å². The van der Waals surface area contributed by atoms with Crippen LogP contribution in [-0.4, -0.2) is 41.2 Å². The highest BCUT2D eigenvalue weighted by Gasteiger charge is 2.31. The molecule has 118 valence electrons. The lowest BCUT2D eigenvalue weighted by Gasteiger charge is -2.28. The van der Waals surface area contributed by atoms with Crippen molar-refractivity contribution in [3.05, 3.63) is 39.9 Å². The molecule has 0 aliphatic carbocycles. The van der Waals surface area contributed by atoms with Crippen molar-refractivity contribution >= 4 is 17.6 Å². The van der Waals surface area contributed by atoms with Crippen LogP contribution in [0.25, 0.3) is 0 Å². The molecular formula is C14H16N2O6. The van der Waals surface area contributed by atoms with E-state index in [-0.39, 0.29) is 23.8 Å². The van der Waals surface area contributed by atoms with E-state index in [1.807, 2.05) is 0 Å². The Morgan fingerprint density at radius 1 is 1.45 bits per heavy atom. The molecule has 1 amide bonds. The molecule has 2 unspecified atom stereocenters. The predicted octanol–water partition coefficient (Wildman–Crippen LogP) is 1.20. The third kappa shape index (κ3) is 3.79. The largest absolute Gasteiger partial charge is 0.480 e. The van der Waals surface area contributed by atoms with E-state index in [1.165, 1.54) is 18.2 Å². The number of carbonyl (C=O) groups is 2. The summed E-state index contributed by atoms with van der Waals surface area (Å²) in [6.07, 6.45) is 1.38. The number of nitrogens with one attached hydrogen (secondary N) is 1. The second-order valence-corrected chi connectivity index (χ2v) is 5.07. The van der Waals surface area contributed by atoms with Crippen molar-refractivity contribution in [2.45, 2.75) is 18.9 Å². The van der Waals surface area contributed by atoms with Gasteiger partial charge in [0.25, 0.3) is 11.6 Å². The molecule has 2 rings (SSSR count). The zero-order chi connectivity index (χ0) is 16.1. The molecule has 0 saturated carbocycles. The quantitative estimate of drug-likeness (QED) is 0.623. The van der Waals surface area contributed by atoms with Gasteiger partial charge in [-0.05, 0) is 18.9 Å². The third-order valence-electron chi connectivity index (χ3n) is 3.54. The molecule has 0 spiro atoms. The number of non-ortho nitro benzene ring substituents is 1. The van der Waals surface area contributed by atoms with Gasteiger partial charge in [-0.2, -0.15) is 0 Å². The monoisotopic (exact) mass is 308 g/mol. The third-order valence-corrected chi connectivity index (χ3v) is 3.54. The Bertz CT molecular complexity index is 582. The number of nitro benzene ring substituents is 1. The normalized spacial score (nSPS) is 19.2. The molecule has 1 fully saturated rings. The summed E-state index contributed by atoms with van der Waals surface area (Å²) in [5.74, 6) is -2.11. The van der Waals surface area contributed by atoms with Crippen LogP contribution < -0.4 is 5.32 Å². The van der Waals surface area contributed by atoms with Gasteiger partial charge in [0.15, 0.2) is 0 Å². The summed E-state index contributed by atoms with van der Waals surface area (Å²) in [6, 6.07) is 4.09. The van der Waals surface area contributed by atoms with E-state index in [9.17, 15) is 24.8 Å². The van der Waals surface area contributed by atoms with E-state index in [0.29, 0.717) is 13.0 Å². The first-order valence-corrected chi connectivity index (χ1v) is 6.85. The van der Waals surface area contributed by atoms with Crippen LogP contribution in [0.15, 0.2) is 24.3 Å². The van der Waals surface area contributed by atoms with E-state index >= 15 is 0 Å². The standard InChI is InChI=1S/C14H16N2O6/c17-13(9-3-1-5-11(7-9)16(20)21)15-12(14(18)19)10-4-2-6-22-8-10/h1,3,5,7,10,12H,2,4,6,8H2,(H,15,17)(H,18,19). The van der Waals surface area contributed by atoms with Crippen LogP contribution in [0.4, 0.5) is 5.69 Å². The Kier molecular flexibility index (Phi) is 5.05. The lowest BCUT2D eigenvalue weighted by atomic mass is 9.93. The summed E-state index contributed by atoms with van der Waals surface area (Å²) in [4.78, 5) is 33.6. The van der Waals surface area contributed by atoms with Crippen LogP contribution >= 0.6 is 0 Å². The minimum Gasteiger partial charge on any atom is -0.480 e. The van der Waals surface area contributed by atoms with Crippen molar-refractivity contribution in [3.63, 3.8) is 0 Å². The van der Waals surface area contributed by atoms with Gasteiger partial charge in [0.2, 0.25) is 0 Å². The zero-order valence-corrected chi connectivity index (χ0v) is 11.7. The smallest absolute Gasteiger partial charge is 0.326 e. The Labute approximate surface area is 126 Å². The molecule has 1 aromatic rings. The summed E-state index contributed by atoms with van der Waals surface area (Å²) in [7, 11) is 0. The molecule has 1 aliphatic rings. The highest BCUT2D eigenvalue weighted by atomic mass is 16.6. The number of aliphatic carboxylic acids is 1. The fourth-order valence-electron chi connectivity index (χ4n) is 2.40. The molecule has 2 atom stereocenters. The summed E-state index contributed by atoms with van der Waals surface area (Å²) in [5, 5.41) is 22.4. The van der Waals surface area contributed by atoms with E-state index in [2.05, 4.69) is 5.32 Å². The topological polar surface area (TPSA) is 119 Å². The summed E-state index contributed by atoms with van der Waals surface area (Å²) in [6.45, 7) is 0.855. The molecule has 2 N–H and O–H groups in total. The molecule has 1 aromatic carbocycles. The van der Waals surface area contributed by atoms with Gasteiger partial charge in [0, 0.05) is 30.2 Å². The number of amides is 1. The number of ether oxygens (including phenoxy) is 1. The van der Waals surface area contributed by atoms with Gasteiger partial charge in [0.1, 0.15) is 6.04 Å². The van der Waals surface area contributed by atoms with Crippen LogP contribution in [-0.2, 0) is 9.53 Å². The lowest BCUT2D eigenvalue weighted by molar-refractivity contribution is -0.384. The molecule has 1 aliphatic heterocycles. The second-order valence-electron chi connectivity index (χ2n) is 5.07. The van der Waals surface area contributed by atoms with Gasteiger partial charge in [-0.25, -0.2) is 4.79 Å². The number of carbonyl (C=O) groups excluding carboxylic acids is 1. The van der Waals surface area contributed by atoms with Crippen LogP contribution in [0.2, 0.25) is 0 Å². The predicted molar refractivity (Wildman–Crippen MR) is 75.5 cm³/mol. The first-order valence-electron chi connectivity index (χ1n) is 6.85. The molecule has 0 aromatic heterocycles. The summed E-state index contributed by atoms with van der Waals surface area (Å²) < 4.78 is 5.25. The van der Waals surface area contributed by atoms with Gasteiger partial charge in [-0.1, -0.05) is 6.07 Å². The van der Waals surface area contributed by atoms with Crippen LogP contribution in [0.3, 0.4) is 0 Å². The maximum atomic E-state index is 12.1. The summed E-state index contributed by atoms with van der Waals surface area (Å²) in [5.41, 5.74) is -0.169. The van der Waals surface area contributed by atoms with Crippen LogP contribution in [0, 0.1) is 16.0 Å². The molecule has 22 heavy (non-hydrogen) atoms. The van der Waals surface area contributed by atoms with E-state index in [0.717, 1.165) is 12.5 Å². The van der Waals surface area contributed by atoms with Crippen LogP contribution in [0.5, 0.6) is 0 Å². The van der Waals surface area contributed by atoms with Crippen molar-refractivity contribution in [1.82, 2.24) is 5.32 Å². The number of carboxylic acids is 1. The SMILES string of the molecule is O=C(NC(C(=O)O)C1CCCOC1)c1cccc([N+](=O)[O-])c1. The first kappa shape index (κ1) is 15.9. The van der Waals surface area contributed by atoms with E-state index in [1.54, 1.807) is 0 Å². The van der Waals surface area contributed by atoms with Crippen LogP contribution in [0.1, 0.15) is 23.2 Å². The number of hydrogen-bond donors (Lipinski definition) is 2. The Morgan fingerprint density at radius 3 is 2.82 bits per heavy atom. The second kappa shape index (κ2) is 6.99. The molecule has 1 heterocycles. The Balaban J connectivity index is 2.12. The van der Waals surface area contributed by atoms with Gasteiger partial charge in [0.05, 0.1) is 11.5 Å². The lowest BCUT2D eigenvalue weighted by Crippen LogP contribution is -2.48. The molecular weight excluding hydrogens is 292 g/mol. The van der Waals surface area contributed by atoms with Gasteiger partial charge in [-0.15, -0.1) is 0 Å². The summed E-state index contributed by atoms with van der Waals surface area (Å²) >= 11 is 0. The number of carboxylic acid groups (broad SMARTS) is 1. The maximum absolute atomic E-state index is 12.1. The number of hydrogen-bond acceptors (Lipinski definition) is 5. The minimum absolute atomic E-state index is 0.0529. The first-order chi connectivity index (χ1) is 10.5. The van der Waals surface area contributed by atoms with Crippen molar-refractivity contribution in [1.29, 1.82) is 0 Å². The molecule has 8 heteroatoms. The van der Waals surface area contributed by atoms with Crippen molar-refractivity contribution in [3.8, 4) is 0 Å².